The van der Waals surface area contributed by atoms with Crippen LogP contribution in [-0.4, -0.2) is 98.3 Å². The van der Waals surface area contributed by atoms with Gasteiger partial charge in [-0.25, -0.2) is 4.98 Å². The first-order valence-electron chi connectivity index (χ1n) is 18.4. The highest BCUT2D eigenvalue weighted by atomic mass is 32.1. The Morgan fingerprint density at radius 2 is 1.92 bits per heavy atom. The highest BCUT2D eigenvalue weighted by Gasteiger charge is 2.64. The number of nitrogens with one attached hydrogen (secondary N) is 2. The first-order valence-corrected chi connectivity index (χ1v) is 19.3. The number of phenolic OH excluding ortho intramolecular Hbond substituents is 1. The SMILES string of the molecule is CCC(C)[C@H](NC(=O)C12C[C@H]1CCCN2C)C(=O)N(CO)C(CCc1nc(C(=O)NCCC2(C(=O)O)CC2c2cc(O)ccc2C)cs1)C(C)C. The third kappa shape index (κ3) is 7.80. The normalized spacial score (nSPS) is 25.7. The minimum Gasteiger partial charge on any atom is -0.508 e. The number of aromatic hydroxyl groups is 1. The Hall–Kier alpha value is -3.55. The second-order valence-corrected chi connectivity index (χ2v) is 16.4. The molecule has 280 valence electrons. The van der Waals surface area contributed by atoms with E-state index in [9.17, 15) is 34.5 Å². The van der Waals surface area contributed by atoms with Crippen LogP contribution >= 0.6 is 11.3 Å². The fourth-order valence-corrected chi connectivity index (χ4v) is 9.09. The smallest absolute Gasteiger partial charge is 0.310 e. The van der Waals surface area contributed by atoms with Crippen LogP contribution in [0.25, 0.3) is 0 Å². The quantitative estimate of drug-likeness (QED) is 0.149. The average Bonchev–Trinajstić information content (AvgIpc) is 3.98. The zero-order valence-electron chi connectivity index (χ0n) is 30.8. The van der Waals surface area contributed by atoms with Crippen LogP contribution in [0.3, 0.4) is 0 Å². The number of nitrogens with zero attached hydrogens (tertiary/aromatic N) is 3. The van der Waals surface area contributed by atoms with E-state index in [-0.39, 0.29) is 65.9 Å². The van der Waals surface area contributed by atoms with Gasteiger partial charge in [0, 0.05) is 30.3 Å². The van der Waals surface area contributed by atoms with Gasteiger partial charge in [-0.2, -0.15) is 0 Å². The number of rotatable bonds is 17. The molecule has 13 heteroatoms. The van der Waals surface area contributed by atoms with E-state index in [2.05, 4.69) is 20.5 Å². The first kappa shape index (κ1) is 38.7. The summed E-state index contributed by atoms with van der Waals surface area (Å²) in [6, 6.07) is 3.90. The molecule has 2 saturated carbocycles. The lowest BCUT2D eigenvalue weighted by atomic mass is 9.93. The van der Waals surface area contributed by atoms with Crippen LogP contribution in [0.15, 0.2) is 23.6 Å². The number of likely N-dealkylation sites (tertiary alicyclic amines) is 1. The first-order chi connectivity index (χ1) is 24.2. The van der Waals surface area contributed by atoms with E-state index in [0.717, 1.165) is 36.9 Å². The molecule has 2 aromatic rings. The van der Waals surface area contributed by atoms with Crippen LogP contribution in [-0.2, 0) is 20.8 Å². The molecule has 0 radical (unpaired) electrons. The Balaban J connectivity index is 1.18. The Bertz CT molecular complexity index is 1610. The number of aliphatic hydroxyl groups is 1. The maximum Gasteiger partial charge on any atom is 0.310 e. The fourth-order valence-electron chi connectivity index (χ4n) is 8.29. The average molecular weight is 726 g/mol. The Labute approximate surface area is 305 Å². The molecule has 12 nitrogen and oxygen atoms in total. The summed E-state index contributed by atoms with van der Waals surface area (Å²) in [4.78, 5) is 61.2. The lowest BCUT2D eigenvalue weighted by molar-refractivity contribution is -0.146. The summed E-state index contributed by atoms with van der Waals surface area (Å²) in [6.07, 6.45) is 5.27. The molecular weight excluding hydrogens is 671 g/mol. The van der Waals surface area contributed by atoms with E-state index < -0.39 is 29.7 Å². The van der Waals surface area contributed by atoms with Crippen LogP contribution in [0, 0.1) is 30.1 Å². The molecule has 51 heavy (non-hydrogen) atoms. The summed E-state index contributed by atoms with van der Waals surface area (Å²) < 4.78 is 0. The monoisotopic (exact) mass is 725 g/mol. The molecule has 2 heterocycles. The van der Waals surface area contributed by atoms with Gasteiger partial charge in [-0.1, -0.05) is 40.2 Å². The Morgan fingerprint density at radius 1 is 1.18 bits per heavy atom. The lowest BCUT2D eigenvalue weighted by Crippen LogP contribution is -2.60. The van der Waals surface area contributed by atoms with Crippen LogP contribution in [0.5, 0.6) is 5.75 Å². The van der Waals surface area contributed by atoms with E-state index in [1.165, 1.54) is 16.2 Å². The number of phenols is 1. The number of thiazole rings is 1. The topological polar surface area (TPSA) is 172 Å². The predicted octanol–water partition coefficient (Wildman–Crippen LogP) is 4.29. The number of carboxylic acids is 1. The second kappa shape index (κ2) is 15.6. The van der Waals surface area contributed by atoms with E-state index in [4.69, 9.17) is 0 Å². The zero-order chi connectivity index (χ0) is 37.2. The number of hydrogen-bond donors (Lipinski definition) is 5. The van der Waals surface area contributed by atoms with E-state index in [1.807, 2.05) is 41.7 Å². The molecule has 1 aromatic carbocycles. The number of carboxylic acid groups (broad SMARTS) is 1. The van der Waals surface area contributed by atoms with E-state index in [1.54, 1.807) is 23.6 Å². The number of fused-ring (bicyclic) bond motifs is 1. The molecule has 5 rings (SSSR count). The Kier molecular flexibility index (Phi) is 11.8. The molecule has 1 aliphatic heterocycles. The van der Waals surface area contributed by atoms with Crippen molar-refractivity contribution in [2.24, 2.45) is 23.2 Å². The van der Waals surface area contributed by atoms with Crippen LogP contribution in [0.2, 0.25) is 0 Å². The number of aryl methyl sites for hydroxylation is 2. The molecule has 3 fully saturated rings. The van der Waals surface area contributed by atoms with Crippen molar-refractivity contribution in [2.45, 2.75) is 110 Å². The number of carbonyl (C=O) groups is 4. The maximum atomic E-state index is 14.1. The number of benzene rings is 1. The van der Waals surface area contributed by atoms with Crippen molar-refractivity contribution in [1.29, 1.82) is 0 Å². The summed E-state index contributed by atoms with van der Waals surface area (Å²) >= 11 is 1.34. The van der Waals surface area contributed by atoms with Gasteiger partial charge in [0.1, 0.15) is 29.8 Å². The number of aromatic nitrogens is 1. The third-order valence-corrected chi connectivity index (χ3v) is 12.9. The molecular formula is C38H55N5O7S. The summed E-state index contributed by atoms with van der Waals surface area (Å²) in [5.74, 6) is -1.62. The van der Waals surface area contributed by atoms with Gasteiger partial charge in [0.25, 0.3) is 5.91 Å². The van der Waals surface area contributed by atoms with Gasteiger partial charge in [-0.15, -0.1) is 11.3 Å². The van der Waals surface area contributed by atoms with Crippen molar-refractivity contribution in [3.63, 3.8) is 0 Å². The number of aliphatic hydroxyl groups excluding tert-OH is 1. The zero-order valence-corrected chi connectivity index (χ0v) is 31.6. The second-order valence-electron chi connectivity index (χ2n) is 15.4. The van der Waals surface area contributed by atoms with Gasteiger partial charge in [0.05, 0.1) is 10.4 Å². The molecule has 5 N–H and O–H groups in total. The van der Waals surface area contributed by atoms with Crippen molar-refractivity contribution in [3.05, 3.63) is 45.4 Å². The van der Waals surface area contributed by atoms with Crippen molar-refractivity contribution in [3.8, 4) is 5.75 Å². The minimum absolute atomic E-state index is 0.00412. The van der Waals surface area contributed by atoms with Gasteiger partial charge >= 0.3 is 5.97 Å². The van der Waals surface area contributed by atoms with E-state index in [0.29, 0.717) is 36.6 Å². The molecule has 1 saturated heterocycles. The molecule has 3 amide bonds. The van der Waals surface area contributed by atoms with Gasteiger partial charge in [0.15, 0.2) is 0 Å². The van der Waals surface area contributed by atoms with Gasteiger partial charge in [0.2, 0.25) is 11.8 Å². The van der Waals surface area contributed by atoms with Gasteiger partial charge in [-0.05, 0) is 100 Å². The maximum absolute atomic E-state index is 14.1. The summed E-state index contributed by atoms with van der Waals surface area (Å²) in [6.45, 7) is 10.4. The number of hydrogen-bond acceptors (Lipinski definition) is 9. The standard InChI is InChI=1S/C38H55N5O7S/c1-7-23(4)32(41-35(48)38-18-25(38)9-8-16-42(38)6)34(47)43(21-44)30(22(2)3)12-13-31-40-29(20-51-31)33(46)39-15-14-37(36(49)50)19-28(37)27-17-26(45)11-10-24(27)5/h10-11,17,20,22-23,25,28,30,32,44-45H,7-9,12-16,18-19,21H2,1-6H3,(H,39,46)(H,41,48)(H,49,50)/t23?,25-,28?,30?,32+,37?,38?/m1/s1. The van der Waals surface area contributed by atoms with Gasteiger partial charge in [-0.3, -0.25) is 24.1 Å². The van der Waals surface area contributed by atoms with Crippen molar-refractivity contribution >= 4 is 35.0 Å². The largest absolute Gasteiger partial charge is 0.508 e. The minimum atomic E-state index is -0.996. The molecule has 5 unspecified atom stereocenters. The molecule has 0 spiro atoms. The number of aliphatic carboxylic acids is 1. The van der Waals surface area contributed by atoms with Crippen LogP contribution < -0.4 is 10.6 Å². The molecule has 2 aliphatic carbocycles. The van der Waals surface area contributed by atoms with Crippen molar-refractivity contribution < 1.29 is 34.5 Å². The van der Waals surface area contributed by atoms with Crippen molar-refractivity contribution in [1.82, 2.24) is 25.4 Å². The van der Waals surface area contributed by atoms with Crippen LogP contribution in [0.4, 0.5) is 0 Å². The predicted molar refractivity (Wildman–Crippen MR) is 194 cm³/mol. The van der Waals surface area contributed by atoms with Gasteiger partial charge < -0.3 is 30.9 Å². The van der Waals surface area contributed by atoms with Crippen LogP contribution in [0.1, 0.15) is 105 Å². The summed E-state index contributed by atoms with van der Waals surface area (Å²) in [5, 5.41) is 38.9. The highest BCUT2D eigenvalue weighted by molar-refractivity contribution is 7.09. The fraction of sp³-hybridized carbons (Fsp3) is 0.658. The molecule has 1 aromatic heterocycles. The summed E-state index contributed by atoms with van der Waals surface area (Å²) in [5.41, 5.74) is 0.454. The van der Waals surface area contributed by atoms with Crippen molar-refractivity contribution in [2.75, 3.05) is 26.9 Å². The number of likely N-dealkylation sites (N-methyl/N-ethyl adjacent to an activating group) is 1. The highest BCUT2D eigenvalue weighted by Crippen LogP contribution is 2.62. The number of piperidine rings is 1. The Morgan fingerprint density at radius 3 is 2.57 bits per heavy atom. The summed E-state index contributed by atoms with van der Waals surface area (Å²) in [7, 11) is 1.99. The molecule has 7 atom stereocenters. The number of carbonyl (C=O) groups excluding carboxylic acids is 3. The molecule has 3 aliphatic rings. The number of amides is 3. The lowest BCUT2D eigenvalue weighted by Gasteiger charge is -2.38. The molecule has 0 bridgehead atoms. The third-order valence-electron chi connectivity index (χ3n) is 12.0. The van der Waals surface area contributed by atoms with E-state index >= 15 is 0 Å².